The Morgan fingerprint density at radius 1 is 1.33 bits per heavy atom. The summed E-state index contributed by atoms with van der Waals surface area (Å²) in [7, 11) is 0. The van der Waals surface area contributed by atoms with Crippen molar-refractivity contribution in [2.24, 2.45) is 0 Å². The Bertz CT molecular complexity index is 817. The van der Waals surface area contributed by atoms with Crippen molar-refractivity contribution in [3.8, 4) is 0 Å². The molecule has 0 aliphatic carbocycles. The number of thiophene rings is 1. The number of hydrogen-bond donors (Lipinski definition) is 1. The minimum absolute atomic E-state index is 0.0905. The van der Waals surface area contributed by atoms with Crippen molar-refractivity contribution in [3.63, 3.8) is 0 Å². The Morgan fingerprint density at radius 2 is 2.08 bits per heavy atom. The number of nitrogens with zero attached hydrogens (tertiary/aromatic N) is 2. The molecule has 1 saturated heterocycles. The molecular formula is C16H15N3O4S. The highest BCUT2D eigenvalue weighted by Crippen LogP contribution is 2.31. The van der Waals surface area contributed by atoms with E-state index in [0.29, 0.717) is 13.1 Å². The van der Waals surface area contributed by atoms with E-state index < -0.39 is 11.0 Å². The van der Waals surface area contributed by atoms with Gasteiger partial charge in [-0.2, -0.15) is 0 Å². The van der Waals surface area contributed by atoms with Crippen LogP contribution >= 0.6 is 11.3 Å². The highest BCUT2D eigenvalue weighted by molar-refractivity contribution is 7.17. The van der Waals surface area contributed by atoms with E-state index in [-0.39, 0.29) is 21.7 Å². The molecular weight excluding hydrogens is 330 g/mol. The fraction of sp³-hybridized carbons (Fsp3) is 0.250. The minimum atomic E-state index is -0.728. The number of nitro groups is 1. The predicted octanol–water partition coefficient (Wildman–Crippen LogP) is 2.28. The minimum Gasteiger partial charge on any atom is -0.352 e. The van der Waals surface area contributed by atoms with Gasteiger partial charge >= 0.3 is 5.00 Å². The summed E-state index contributed by atoms with van der Waals surface area (Å²) in [6, 6.07) is 9.42. The van der Waals surface area contributed by atoms with E-state index in [1.54, 1.807) is 0 Å². The number of piperazine rings is 1. The van der Waals surface area contributed by atoms with Gasteiger partial charge in [-0.1, -0.05) is 35.6 Å². The Balaban J connectivity index is 1.97. The fourth-order valence-electron chi connectivity index (χ4n) is 2.77. The van der Waals surface area contributed by atoms with E-state index in [2.05, 4.69) is 5.32 Å². The molecule has 2 aromatic rings. The van der Waals surface area contributed by atoms with Gasteiger partial charge in [0.2, 0.25) is 5.91 Å². The molecule has 8 heteroatoms. The SMILES string of the molecule is Cc1ccccc1[C@H]1C(=O)NCCN1C(=O)c1ccc([N+](=O)[O-])s1. The second-order valence-electron chi connectivity index (χ2n) is 5.44. The van der Waals surface area contributed by atoms with Gasteiger partial charge in [-0.25, -0.2) is 0 Å². The summed E-state index contributed by atoms with van der Waals surface area (Å²) < 4.78 is 0. The molecule has 1 fully saturated rings. The molecule has 1 aliphatic heterocycles. The van der Waals surface area contributed by atoms with E-state index >= 15 is 0 Å². The maximum absolute atomic E-state index is 12.8. The molecule has 3 rings (SSSR count). The van der Waals surface area contributed by atoms with Crippen LogP contribution in [0.4, 0.5) is 5.00 Å². The van der Waals surface area contributed by atoms with Crippen LogP contribution in [0.15, 0.2) is 36.4 Å². The molecule has 0 radical (unpaired) electrons. The number of nitrogens with one attached hydrogen (secondary N) is 1. The maximum atomic E-state index is 12.8. The summed E-state index contributed by atoms with van der Waals surface area (Å²) >= 11 is 0.823. The van der Waals surface area contributed by atoms with Crippen LogP contribution in [0.5, 0.6) is 0 Å². The number of carbonyl (C=O) groups excluding carboxylic acids is 2. The average Bonchev–Trinajstić information content (AvgIpc) is 3.05. The second-order valence-corrected chi connectivity index (χ2v) is 6.51. The van der Waals surface area contributed by atoms with Crippen LogP contribution in [-0.2, 0) is 4.79 Å². The van der Waals surface area contributed by atoms with Gasteiger partial charge in [0, 0.05) is 19.2 Å². The lowest BCUT2D eigenvalue weighted by Gasteiger charge is -2.35. The van der Waals surface area contributed by atoms with E-state index in [1.165, 1.54) is 17.0 Å². The van der Waals surface area contributed by atoms with E-state index in [9.17, 15) is 19.7 Å². The van der Waals surface area contributed by atoms with Gasteiger partial charge in [0.25, 0.3) is 5.91 Å². The number of amides is 2. The van der Waals surface area contributed by atoms with Gasteiger partial charge < -0.3 is 10.2 Å². The summed E-state index contributed by atoms with van der Waals surface area (Å²) in [4.78, 5) is 37.2. The summed E-state index contributed by atoms with van der Waals surface area (Å²) in [5, 5.41) is 13.5. The second kappa shape index (κ2) is 6.40. The molecule has 0 unspecified atom stereocenters. The summed E-state index contributed by atoms with van der Waals surface area (Å²) in [5.74, 6) is -0.605. The first-order chi connectivity index (χ1) is 11.5. The van der Waals surface area contributed by atoms with Crippen LogP contribution in [0.1, 0.15) is 26.8 Å². The fourth-order valence-corrected chi connectivity index (χ4v) is 3.55. The molecule has 2 heterocycles. The van der Waals surface area contributed by atoms with Gasteiger partial charge in [-0.15, -0.1) is 0 Å². The van der Waals surface area contributed by atoms with Crippen LogP contribution in [-0.4, -0.2) is 34.7 Å². The average molecular weight is 345 g/mol. The number of hydrogen-bond acceptors (Lipinski definition) is 5. The monoisotopic (exact) mass is 345 g/mol. The van der Waals surface area contributed by atoms with Gasteiger partial charge in [0.05, 0.1) is 9.80 Å². The molecule has 1 aliphatic rings. The van der Waals surface area contributed by atoms with Gasteiger partial charge in [0.1, 0.15) is 6.04 Å². The van der Waals surface area contributed by atoms with Gasteiger partial charge in [-0.3, -0.25) is 19.7 Å². The Morgan fingerprint density at radius 3 is 2.75 bits per heavy atom. The Hall–Kier alpha value is -2.74. The first-order valence-corrected chi connectivity index (χ1v) is 8.19. The summed E-state index contributed by atoms with van der Waals surface area (Å²) in [5.41, 5.74) is 1.67. The zero-order chi connectivity index (χ0) is 17.3. The van der Waals surface area contributed by atoms with Gasteiger partial charge in [-0.05, 0) is 24.1 Å². The van der Waals surface area contributed by atoms with Crippen LogP contribution in [0, 0.1) is 17.0 Å². The third-order valence-corrected chi connectivity index (χ3v) is 4.96. The molecule has 2 amide bonds. The molecule has 0 bridgehead atoms. The molecule has 1 N–H and O–H groups in total. The Kier molecular flexibility index (Phi) is 4.30. The Labute approximate surface area is 142 Å². The van der Waals surface area contributed by atoms with E-state index in [4.69, 9.17) is 0 Å². The highest BCUT2D eigenvalue weighted by Gasteiger charge is 2.36. The van der Waals surface area contributed by atoms with E-state index in [1.807, 2.05) is 31.2 Å². The van der Waals surface area contributed by atoms with Crippen LogP contribution in [0.3, 0.4) is 0 Å². The zero-order valence-corrected chi connectivity index (χ0v) is 13.7. The van der Waals surface area contributed by atoms with Crippen molar-refractivity contribution in [2.45, 2.75) is 13.0 Å². The first-order valence-electron chi connectivity index (χ1n) is 7.37. The lowest BCUT2D eigenvalue weighted by Crippen LogP contribution is -2.52. The van der Waals surface area contributed by atoms with Crippen molar-refractivity contribution in [1.29, 1.82) is 0 Å². The topological polar surface area (TPSA) is 92.6 Å². The van der Waals surface area contributed by atoms with Crippen molar-refractivity contribution in [2.75, 3.05) is 13.1 Å². The smallest absolute Gasteiger partial charge is 0.324 e. The number of rotatable bonds is 3. The molecule has 1 aromatic carbocycles. The molecule has 1 aromatic heterocycles. The number of carbonyl (C=O) groups is 2. The van der Waals surface area contributed by atoms with Crippen LogP contribution in [0.25, 0.3) is 0 Å². The lowest BCUT2D eigenvalue weighted by molar-refractivity contribution is -0.380. The van der Waals surface area contributed by atoms with Crippen LogP contribution < -0.4 is 5.32 Å². The van der Waals surface area contributed by atoms with Crippen LogP contribution in [0.2, 0.25) is 0 Å². The first kappa shape index (κ1) is 16.1. The predicted molar refractivity (Wildman–Crippen MR) is 88.9 cm³/mol. The lowest BCUT2D eigenvalue weighted by atomic mass is 9.97. The van der Waals surface area contributed by atoms with Crippen molar-refractivity contribution in [1.82, 2.24) is 10.2 Å². The maximum Gasteiger partial charge on any atom is 0.324 e. The normalized spacial score (nSPS) is 17.5. The molecule has 124 valence electrons. The summed E-state index contributed by atoms with van der Waals surface area (Å²) in [6.45, 7) is 2.60. The third-order valence-electron chi connectivity index (χ3n) is 3.94. The standard InChI is InChI=1S/C16H15N3O4S/c1-10-4-2-3-5-11(10)14-15(20)17-8-9-18(14)16(21)12-6-7-13(24-12)19(22)23/h2-7,14H,8-9H2,1H3,(H,17,20)/t14-/m0/s1. The molecule has 1 atom stereocenters. The quantitative estimate of drug-likeness (QED) is 0.682. The molecule has 0 spiro atoms. The molecule has 7 nitrogen and oxygen atoms in total. The van der Waals surface area contributed by atoms with Gasteiger partial charge in [0.15, 0.2) is 0 Å². The van der Waals surface area contributed by atoms with Crippen molar-refractivity contribution >= 4 is 28.2 Å². The highest BCUT2D eigenvalue weighted by atomic mass is 32.1. The molecule has 0 saturated carbocycles. The van der Waals surface area contributed by atoms with E-state index in [0.717, 1.165) is 22.5 Å². The molecule has 24 heavy (non-hydrogen) atoms. The number of aryl methyl sites for hydroxylation is 1. The largest absolute Gasteiger partial charge is 0.352 e. The number of benzene rings is 1. The van der Waals surface area contributed by atoms with Crippen molar-refractivity contribution in [3.05, 3.63) is 62.5 Å². The zero-order valence-electron chi connectivity index (χ0n) is 12.9. The van der Waals surface area contributed by atoms with Crippen molar-refractivity contribution < 1.29 is 14.5 Å². The summed E-state index contributed by atoms with van der Waals surface area (Å²) in [6.07, 6.45) is 0. The third kappa shape index (κ3) is 2.88.